The van der Waals surface area contributed by atoms with Crippen LogP contribution in [0.15, 0.2) is 0 Å². The van der Waals surface area contributed by atoms with Crippen molar-refractivity contribution < 1.29 is 9.90 Å². The number of hydrogen-bond acceptors (Lipinski definition) is 3. The van der Waals surface area contributed by atoms with Crippen LogP contribution in [0.4, 0.5) is 0 Å². The molecule has 2 unspecified atom stereocenters. The molecule has 1 aliphatic heterocycles. The molecule has 0 aromatic rings. The number of carbonyl (C=O) groups is 1. The molecule has 0 bridgehead atoms. The summed E-state index contributed by atoms with van der Waals surface area (Å²) in [5.74, 6) is 0.707. The lowest BCUT2D eigenvalue weighted by molar-refractivity contribution is -0.135. The van der Waals surface area contributed by atoms with Gasteiger partial charge in [-0.2, -0.15) is 0 Å². The van der Waals surface area contributed by atoms with Crippen molar-refractivity contribution in [3.8, 4) is 0 Å². The van der Waals surface area contributed by atoms with Gasteiger partial charge >= 0.3 is 0 Å². The van der Waals surface area contributed by atoms with Gasteiger partial charge in [0.15, 0.2) is 0 Å². The minimum Gasteiger partial charge on any atom is -0.396 e. The van der Waals surface area contributed by atoms with Crippen molar-refractivity contribution in [1.82, 2.24) is 10.2 Å². The zero-order chi connectivity index (χ0) is 12.3. The van der Waals surface area contributed by atoms with Crippen molar-refractivity contribution in [2.75, 3.05) is 19.7 Å². The molecule has 4 nitrogen and oxygen atoms in total. The molecule has 1 amide bonds. The van der Waals surface area contributed by atoms with Crippen LogP contribution in [0.3, 0.4) is 0 Å². The van der Waals surface area contributed by atoms with E-state index in [0.29, 0.717) is 18.4 Å². The highest BCUT2D eigenvalue weighted by molar-refractivity contribution is 5.82. The van der Waals surface area contributed by atoms with Crippen molar-refractivity contribution in [2.45, 2.75) is 51.1 Å². The molecule has 2 N–H and O–H groups in total. The number of aliphatic hydroxyl groups is 1. The summed E-state index contributed by atoms with van der Waals surface area (Å²) in [6.45, 7) is 4.01. The molecule has 0 spiro atoms. The third-order valence-electron chi connectivity index (χ3n) is 3.99. The minimum absolute atomic E-state index is 0.0797. The van der Waals surface area contributed by atoms with Crippen LogP contribution < -0.4 is 5.32 Å². The third-order valence-corrected chi connectivity index (χ3v) is 3.99. The van der Waals surface area contributed by atoms with Crippen LogP contribution in [0, 0.1) is 5.92 Å². The molecule has 1 saturated carbocycles. The van der Waals surface area contributed by atoms with Crippen molar-refractivity contribution in [3.63, 3.8) is 0 Å². The van der Waals surface area contributed by atoms with E-state index in [2.05, 4.69) is 17.1 Å². The SMILES string of the molecule is CC1CNC(CCO)C(=O)N(C2CCCC2)C1. The summed E-state index contributed by atoms with van der Waals surface area (Å²) in [6.07, 6.45) is 5.35. The van der Waals surface area contributed by atoms with Gasteiger partial charge < -0.3 is 15.3 Å². The van der Waals surface area contributed by atoms with Gasteiger partial charge in [-0.25, -0.2) is 0 Å². The lowest BCUT2D eigenvalue weighted by atomic mass is 10.1. The smallest absolute Gasteiger partial charge is 0.240 e. The number of rotatable bonds is 3. The van der Waals surface area contributed by atoms with Crippen LogP contribution in [-0.2, 0) is 4.79 Å². The van der Waals surface area contributed by atoms with E-state index in [-0.39, 0.29) is 18.6 Å². The molecule has 2 atom stereocenters. The van der Waals surface area contributed by atoms with Gasteiger partial charge in [0.2, 0.25) is 5.91 Å². The normalized spacial score (nSPS) is 31.9. The Morgan fingerprint density at radius 2 is 2.12 bits per heavy atom. The maximum atomic E-state index is 12.4. The van der Waals surface area contributed by atoms with E-state index in [1.165, 1.54) is 12.8 Å². The number of carbonyl (C=O) groups excluding carboxylic acids is 1. The maximum Gasteiger partial charge on any atom is 0.240 e. The highest BCUT2D eigenvalue weighted by Crippen LogP contribution is 2.26. The minimum atomic E-state index is -0.175. The number of amides is 1. The molecule has 1 aliphatic carbocycles. The summed E-state index contributed by atoms with van der Waals surface area (Å²) in [7, 11) is 0. The third kappa shape index (κ3) is 2.99. The van der Waals surface area contributed by atoms with Crippen LogP contribution in [0.2, 0.25) is 0 Å². The maximum absolute atomic E-state index is 12.4. The topological polar surface area (TPSA) is 52.6 Å². The van der Waals surface area contributed by atoms with Crippen LogP contribution in [0.25, 0.3) is 0 Å². The van der Waals surface area contributed by atoms with Gasteiger partial charge in [0, 0.05) is 25.7 Å². The van der Waals surface area contributed by atoms with Gasteiger partial charge in [-0.1, -0.05) is 19.8 Å². The van der Waals surface area contributed by atoms with E-state index in [1.54, 1.807) is 0 Å². The monoisotopic (exact) mass is 240 g/mol. The van der Waals surface area contributed by atoms with Crippen LogP contribution in [0.5, 0.6) is 0 Å². The summed E-state index contributed by atoms with van der Waals surface area (Å²) >= 11 is 0. The van der Waals surface area contributed by atoms with E-state index in [1.807, 2.05) is 0 Å². The molecular weight excluding hydrogens is 216 g/mol. The number of nitrogens with zero attached hydrogens (tertiary/aromatic N) is 1. The average Bonchev–Trinajstić information content (AvgIpc) is 2.80. The first kappa shape index (κ1) is 12.8. The molecule has 2 rings (SSSR count). The Labute approximate surface area is 103 Å². The molecule has 17 heavy (non-hydrogen) atoms. The summed E-state index contributed by atoms with van der Waals surface area (Å²) in [5.41, 5.74) is 0. The quantitative estimate of drug-likeness (QED) is 0.765. The van der Waals surface area contributed by atoms with E-state index in [0.717, 1.165) is 25.9 Å². The van der Waals surface area contributed by atoms with Crippen LogP contribution in [-0.4, -0.2) is 47.7 Å². The largest absolute Gasteiger partial charge is 0.396 e. The van der Waals surface area contributed by atoms with Crippen LogP contribution >= 0.6 is 0 Å². The Hall–Kier alpha value is -0.610. The molecule has 1 saturated heterocycles. The highest BCUT2D eigenvalue weighted by atomic mass is 16.3. The molecule has 0 aromatic heterocycles. The predicted octanol–water partition coefficient (Wildman–Crippen LogP) is 0.748. The fourth-order valence-electron chi connectivity index (χ4n) is 3.02. The molecule has 98 valence electrons. The summed E-state index contributed by atoms with van der Waals surface area (Å²) in [4.78, 5) is 14.5. The van der Waals surface area contributed by atoms with Crippen LogP contribution in [0.1, 0.15) is 39.0 Å². The fourth-order valence-corrected chi connectivity index (χ4v) is 3.02. The van der Waals surface area contributed by atoms with E-state index < -0.39 is 0 Å². The second kappa shape index (κ2) is 5.83. The Morgan fingerprint density at radius 1 is 1.41 bits per heavy atom. The van der Waals surface area contributed by atoms with Gasteiger partial charge in [0.1, 0.15) is 0 Å². The van der Waals surface area contributed by atoms with Gasteiger partial charge in [-0.15, -0.1) is 0 Å². The number of nitrogens with one attached hydrogen (secondary N) is 1. The van der Waals surface area contributed by atoms with Crippen molar-refractivity contribution in [1.29, 1.82) is 0 Å². The lowest BCUT2D eigenvalue weighted by Crippen LogP contribution is -2.47. The van der Waals surface area contributed by atoms with Gasteiger partial charge in [0.25, 0.3) is 0 Å². The van der Waals surface area contributed by atoms with Crippen molar-refractivity contribution in [2.24, 2.45) is 5.92 Å². The first-order valence-electron chi connectivity index (χ1n) is 6.87. The number of aliphatic hydroxyl groups excluding tert-OH is 1. The van der Waals surface area contributed by atoms with Gasteiger partial charge in [-0.05, 0) is 25.2 Å². The second-order valence-corrected chi connectivity index (χ2v) is 5.51. The predicted molar refractivity (Wildman–Crippen MR) is 66.6 cm³/mol. The van der Waals surface area contributed by atoms with E-state index in [9.17, 15) is 4.79 Å². The fraction of sp³-hybridized carbons (Fsp3) is 0.923. The lowest BCUT2D eigenvalue weighted by Gasteiger charge is -2.30. The van der Waals surface area contributed by atoms with Gasteiger partial charge in [0.05, 0.1) is 6.04 Å². The molecule has 0 aromatic carbocycles. The summed E-state index contributed by atoms with van der Waals surface area (Å²) < 4.78 is 0. The standard InChI is InChI=1S/C13H24N2O2/c1-10-8-14-12(6-7-16)13(17)15(9-10)11-4-2-3-5-11/h10-12,14,16H,2-9H2,1H3. The molecular formula is C13H24N2O2. The molecule has 2 aliphatic rings. The van der Waals surface area contributed by atoms with Gasteiger partial charge in [-0.3, -0.25) is 4.79 Å². The van der Waals surface area contributed by atoms with Crippen molar-refractivity contribution >= 4 is 5.91 Å². The first-order valence-corrected chi connectivity index (χ1v) is 6.87. The molecule has 1 heterocycles. The average molecular weight is 240 g/mol. The molecule has 4 heteroatoms. The Kier molecular flexibility index (Phi) is 4.40. The summed E-state index contributed by atoms with van der Waals surface area (Å²) in [5, 5.41) is 12.3. The van der Waals surface area contributed by atoms with E-state index >= 15 is 0 Å². The zero-order valence-electron chi connectivity index (χ0n) is 10.7. The Balaban J connectivity index is 2.07. The first-order chi connectivity index (χ1) is 8.22. The number of hydrogen-bond donors (Lipinski definition) is 2. The molecule has 0 radical (unpaired) electrons. The summed E-state index contributed by atoms with van der Waals surface area (Å²) in [6, 6.07) is 0.275. The Morgan fingerprint density at radius 3 is 2.76 bits per heavy atom. The van der Waals surface area contributed by atoms with Crippen molar-refractivity contribution in [3.05, 3.63) is 0 Å². The van der Waals surface area contributed by atoms with E-state index in [4.69, 9.17) is 5.11 Å². The second-order valence-electron chi connectivity index (χ2n) is 5.51. The Bertz CT molecular complexity index is 264. The highest BCUT2D eigenvalue weighted by Gasteiger charge is 2.34. The molecule has 2 fully saturated rings. The zero-order valence-corrected chi connectivity index (χ0v) is 10.7.